The molecule has 0 aliphatic heterocycles. The van der Waals surface area contributed by atoms with Gasteiger partial charge in [0.25, 0.3) is 0 Å². The lowest BCUT2D eigenvalue weighted by molar-refractivity contribution is 0.0731. The molecule has 0 radical (unpaired) electrons. The zero-order chi connectivity index (χ0) is 14.9. The number of para-hydroxylation sites is 1. The van der Waals surface area contributed by atoms with Gasteiger partial charge >= 0.3 is 5.97 Å². The van der Waals surface area contributed by atoms with Crippen LogP contribution in [-0.2, 0) is 0 Å². The zero-order valence-electron chi connectivity index (χ0n) is 10.7. The minimum Gasteiger partial charge on any atom is -0.422 e. The van der Waals surface area contributed by atoms with Crippen molar-refractivity contribution >= 4 is 29.2 Å². The van der Waals surface area contributed by atoms with Crippen molar-refractivity contribution in [1.29, 1.82) is 0 Å². The largest absolute Gasteiger partial charge is 0.422 e. The van der Waals surface area contributed by atoms with E-state index in [2.05, 4.69) is 4.98 Å². The fraction of sp³-hybridized carbons (Fsp3) is 0.143. The van der Waals surface area contributed by atoms with Gasteiger partial charge in [-0.05, 0) is 31.0 Å². The van der Waals surface area contributed by atoms with Crippen LogP contribution < -0.4 is 4.74 Å². The summed E-state index contributed by atoms with van der Waals surface area (Å²) in [4.78, 5) is 15.6. The van der Waals surface area contributed by atoms with Crippen LogP contribution in [0.1, 0.15) is 21.5 Å². The lowest BCUT2D eigenvalue weighted by Gasteiger charge is -2.10. The highest BCUT2D eigenvalue weighted by molar-refractivity contribution is 6.34. The van der Waals surface area contributed by atoms with Crippen molar-refractivity contribution in [2.24, 2.45) is 0 Å². The van der Waals surface area contributed by atoms with E-state index in [0.29, 0.717) is 5.75 Å². The normalized spacial score (nSPS) is 10.4. The van der Waals surface area contributed by atoms with Crippen molar-refractivity contribution in [3.63, 3.8) is 0 Å². The summed E-state index contributed by atoms with van der Waals surface area (Å²) in [6, 6.07) is 6.36. The van der Waals surface area contributed by atoms with Crippen molar-refractivity contribution in [3.05, 3.63) is 57.1 Å². The predicted octanol–water partition coefficient (Wildman–Crippen LogP) is 4.36. The third-order valence-electron chi connectivity index (χ3n) is 2.71. The molecular weight excluding hydrogens is 304 g/mol. The molecule has 104 valence electrons. The first-order chi connectivity index (χ1) is 9.40. The van der Waals surface area contributed by atoms with Gasteiger partial charge in [0.15, 0.2) is 11.0 Å². The second-order valence-corrected chi connectivity index (χ2v) is 4.93. The first kappa shape index (κ1) is 14.8. The average molecular weight is 314 g/mol. The third kappa shape index (κ3) is 2.92. The van der Waals surface area contributed by atoms with E-state index < -0.39 is 16.9 Å². The molecular formula is C14H10Cl2FNO2. The number of rotatable bonds is 2. The van der Waals surface area contributed by atoms with Crippen LogP contribution in [0.5, 0.6) is 5.75 Å². The molecule has 1 heterocycles. The van der Waals surface area contributed by atoms with Crippen LogP contribution in [0.2, 0.25) is 10.3 Å². The van der Waals surface area contributed by atoms with E-state index in [-0.39, 0.29) is 10.7 Å². The Morgan fingerprint density at radius 2 is 1.80 bits per heavy atom. The Hall–Kier alpha value is -1.65. The van der Waals surface area contributed by atoms with Gasteiger partial charge in [-0.3, -0.25) is 0 Å². The number of hydrogen-bond acceptors (Lipinski definition) is 3. The molecule has 1 aromatic heterocycles. The fourth-order valence-electron chi connectivity index (χ4n) is 1.70. The zero-order valence-corrected chi connectivity index (χ0v) is 12.2. The van der Waals surface area contributed by atoms with Crippen molar-refractivity contribution in [3.8, 4) is 5.75 Å². The van der Waals surface area contributed by atoms with E-state index in [1.54, 1.807) is 26.0 Å². The first-order valence-electron chi connectivity index (χ1n) is 5.70. The Morgan fingerprint density at radius 3 is 2.40 bits per heavy atom. The van der Waals surface area contributed by atoms with Crippen LogP contribution in [0.4, 0.5) is 4.39 Å². The second kappa shape index (κ2) is 5.77. The number of aromatic nitrogens is 1. The highest BCUT2D eigenvalue weighted by Crippen LogP contribution is 2.26. The number of carbonyl (C=O) groups excluding carboxylic acids is 1. The van der Waals surface area contributed by atoms with Crippen LogP contribution in [0.3, 0.4) is 0 Å². The summed E-state index contributed by atoms with van der Waals surface area (Å²) in [6.45, 7) is 3.61. The number of pyridine rings is 1. The molecule has 2 aromatic rings. The number of benzene rings is 1. The SMILES string of the molecule is Cc1cccc(C)c1OC(=O)c1cc(F)c(Cl)nc1Cl. The molecule has 1 aromatic carbocycles. The second-order valence-electron chi connectivity index (χ2n) is 4.21. The maximum atomic E-state index is 13.4. The number of carbonyl (C=O) groups is 1. The summed E-state index contributed by atoms with van der Waals surface area (Å²) in [5.74, 6) is -1.19. The van der Waals surface area contributed by atoms with Gasteiger partial charge in [-0.2, -0.15) is 0 Å². The number of hydrogen-bond donors (Lipinski definition) is 0. The standard InChI is InChI=1S/C14H10Cl2FNO2/c1-7-4-3-5-8(2)11(7)20-14(19)9-6-10(17)13(16)18-12(9)15/h3-6H,1-2H3. The van der Waals surface area contributed by atoms with Crippen molar-refractivity contribution in [1.82, 2.24) is 4.98 Å². The predicted molar refractivity (Wildman–Crippen MR) is 75.1 cm³/mol. The van der Waals surface area contributed by atoms with Crippen molar-refractivity contribution in [2.75, 3.05) is 0 Å². The molecule has 0 saturated heterocycles. The van der Waals surface area contributed by atoms with Crippen molar-refractivity contribution < 1.29 is 13.9 Å². The summed E-state index contributed by atoms with van der Waals surface area (Å²) >= 11 is 11.3. The Bertz CT molecular complexity index is 669. The van der Waals surface area contributed by atoms with Crippen LogP contribution in [0.25, 0.3) is 0 Å². The molecule has 0 spiro atoms. The Labute approximate surface area is 125 Å². The monoisotopic (exact) mass is 313 g/mol. The van der Waals surface area contributed by atoms with Crippen LogP contribution in [-0.4, -0.2) is 11.0 Å². The lowest BCUT2D eigenvalue weighted by Crippen LogP contribution is -2.12. The number of esters is 1. The highest BCUT2D eigenvalue weighted by atomic mass is 35.5. The third-order valence-corrected chi connectivity index (χ3v) is 3.26. The molecule has 0 bridgehead atoms. The molecule has 0 unspecified atom stereocenters. The average Bonchev–Trinajstić information content (AvgIpc) is 2.38. The summed E-state index contributed by atoms with van der Waals surface area (Å²) in [5.41, 5.74) is 1.41. The molecule has 0 atom stereocenters. The number of nitrogens with zero attached hydrogens (tertiary/aromatic N) is 1. The van der Waals surface area contributed by atoms with E-state index in [0.717, 1.165) is 17.2 Å². The van der Waals surface area contributed by atoms with Gasteiger partial charge in [0.05, 0.1) is 0 Å². The van der Waals surface area contributed by atoms with Crippen LogP contribution in [0.15, 0.2) is 24.3 Å². The van der Waals surface area contributed by atoms with Gasteiger partial charge in [-0.1, -0.05) is 41.4 Å². The summed E-state index contributed by atoms with van der Waals surface area (Å²) in [7, 11) is 0. The minimum atomic E-state index is -0.829. The molecule has 20 heavy (non-hydrogen) atoms. The van der Waals surface area contributed by atoms with Gasteiger partial charge < -0.3 is 4.74 Å². The quantitative estimate of drug-likeness (QED) is 0.469. The highest BCUT2D eigenvalue weighted by Gasteiger charge is 2.19. The lowest BCUT2D eigenvalue weighted by atomic mass is 10.1. The molecule has 0 aliphatic carbocycles. The molecule has 0 aliphatic rings. The summed E-state index contributed by atoms with van der Waals surface area (Å²) in [5, 5.41) is -0.591. The van der Waals surface area contributed by atoms with Gasteiger partial charge in [0.2, 0.25) is 0 Å². The number of aryl methyl sites for hydroxylation is 2. The summed E-state index contributed by atoms with van der Waals surface area (Å²) in [6.07, 6.45) is 0. The van der Waals surface area contributed by atoms with E-state index in [1.165, 1.54) is 0 Å². The Balaban J connectivity index is 2.36. The van der Waals surface area contributed by atoms with E-state index in [4.69, 9.17) is 27.9 Å². The van der Waals surface area contributed by atoms with Crippen LogP contribution in [0, 0.1) is 19.7 Å². The fourth-order valence-corrected chi connectivity index (χ4v) is 2.10. The maximum absolute atomic E-state index is 13.4. The van der Waals surface area contributed by atoms with E-state index in [9.17, 15) is 9.18 Å². The van der Waals surface area contributed by atoms with Gasteiger partial charge in [-0.25, -0.2) is 14.2 Å². The molecule has 0 saturated carbocycles. The Kier molecular flexibility index (Phi) is 4.26. The van der Waals surface area contributed by atoms with Gasteiger partial charge in [0, 0.05) is 0 Å². The minimum absolute atomic E-state index is 0.170. The molecule has 0 N–H and O–H groups in total. The molecule has 3 nitrogen and oxygen atoms in total. The van der Waals surface area contributed by atoms with Gasteiger partial charge in [-0.15, -0.1) is 0 Å². The number of ether oxygens (including phenoxy) is 1. The first-order valence-corrected chi connectivity index (χ1v) is 6.45. The molecule has 0 amide bonds. The van der Waals surface area contributed by atoms with E-state index >= 15 is 0 Å². The molecule has 2 rings (SSSR count). The smallest absolute Gasteiger partial charge is 0.346 e. The van der Waals surface area contributed by atoms with Gasteiger partial charge in [0.1, 0.15) is 16.5 Å². The van der Waals surface area contributed by atoms with E-state index in [1.807, 2.05) is 6.07 Å². The number of halogens is 3. The maximum Gasteiger partial charge on any atom is 0.346 e. The topological polar surface area (TPSA) is 39.2 Å². The molecule has 0 fully saturated rings. The van der Waals surface area contributed by atoms with Crippen molar-refractivity contribution in [2.45, 2.75) is 13.8 Å². The molecule has 6 heteroatoms. The Morgan fingerprint density at radius 1 is 1.20 bits per heavy atom. The summed E-state index contributed by atoms with van der Waals surface area (Å²) < 4.78 is 18.6. The van der Waals surface area contributed by atoms with Crippen LogP contribution >= 0.6 is 23.2 Å².